The van der Waals surface area contributed by atoms with Crippen LogP contribution in [0.2, 0.25) is 10.0 Å². The van der Waals surface area contributed by atoms with E-state index in [4.69, 9.17) is 43.4 Å². The molecule has 0 saturated carbocycles. The third-order valence-electron chi connectivity index (χ3n) is 4.92. The Labute approximate surface area is 178 Å². The number of rotatable bonds is 4. The van der Waals surface area contributed by atoms with Gasteiger partial charge in [-0.25, -0.2) is 15.0 Å². The van der Waals surface area contributed by atoms with Crippen molar-refractivity contribution in [3.8, 4) is 22.9 Å². The minimum absolute atomic E-state index is 0.213. The number of benzene rings is 1. The predicted molar refractivity (Wildman–Crippen MR) is 116 cm³/mol. The number of anilines is 2. The summed E-state index contributed by atoms with van der Waals surface area (Å²) in [6, 6.07) is 3.42. The zero-order chi connectivity index (χ0) is 20.9. The summed E-state index contributed by atoms with van der Waals surface area (Å²) in [5.41, 5.74) is 7.23. The second kappa shape index (κ2) is 7.07. The molecular formula is C20H21Cl2N5O2. The van der Waals surface area contributed by atoms with Crippen LogP contribution in [0.25, 0.3) is 22.3 Å². The van der Waals surface area contributed by atoms with Crippen molar-refractivity contribution in [1.82, 2.24) is 15.0 Å². The molecule has 3 aromatic rings. The second-order valence-corrected chi connectivity index (χ2v) is 8.56. The number of fused-ring (bicyclic) bond motifs is 1. The summed E-state index contributed by atoms with van der Waals surface area (Å²) in [5, 5.41) is 1.46. The van der Waals surface area contributed by atoms with Crippen LogP contribution < -0.4 is 20.1 Å². The number of nitrogen functional groups attached to an aromatic ring is 1. The number of halogens is 2. The summed E-state index contributed by atoms with van der Waals surface area (Å²) in [6.07, 6.45) is 1.63. The number of hydrogen-bond acceptors (Lipinski definition) is 7. The van der Waals surface area contributed by atoms with Crippen molar-refractivity contribution in [3.63, 3.8) is 0 Å². The molecule has 0 bridgehead atoms. The van der Waals surface area contributed by atoms with Crippen molar-refractivity contribution in [2.24, 2.45) is 5.41 Å². The lowest BCUT2D eigenvalue weighted by Gasteiger charge is -2.46. The molecule has 29 heavy (non-hydrogen) atoms. The predicted octanol–water partition coefficient (Wildman–Crippen LogP) is 4.44. The van der Waals surface area contributed by atoms with Crippen LogP contribution in [0.15, 0.2) is 18.3 Å². The number of hydrogen-bond donors (Lipinski definition) is 1. The topological polar surface area (TPSA) is 86.4 Å². The molecule has 1 saturated heterocycles. The average Bonchev–Trinajstić information content (AvgIpc) is 2.66. The Hall–Kier alpha value is -2.51. The lowest BCUT2D eigenvalue weighted by molar-refractivity contribution is 0.275. The van der Waals surface area contributed by atoms with Crippen molar-refractivity contribution in [1.29, 1.82) is 0 Å². The highest BCUT2D eigenvalue weighted by atomic mass is 35.5. The lowest BCUT2D eigenvalue weighted by atomic mass is 9.84. The molecule has 0 spiro atoms. The van der Waals surface area contributed by atoms with Crippen LogP contribution in [0.5, 0.6) is 11.5 Å². The summed E-state index contributed by atoms with van der Waals surface area (Å²) >= 11 is 13.2. The molecule has 0 amide bonds. The number of nitrogens with two attached hydrogens (primary N) is 1. The van der Waals surface area contributed by atoms with Gasteiger partial charge in [0, 0.05) is 24.5 Å². The highest BCUT2D eigenvalue weighted by Crippen LogP contribution is 2.46. The van der Waals surface area contributed by atoms with Crippen LogP contribution in [-0.4, -0.2) is 42.3 Å². The molecule has 1 aromatic carbocycles. The van der Waals surface area contributed by atoms with Crippen molar-refractivity contribution in [3.05, 3.63) is 28.4 Å². The first-order valence-corrected chi connectivity index (χ1v) is 9.78. The third kappa shape index (κ3) is 3.38. The lowest BCUT2D eigenvalue weighted by Crippen LogP contribution is -2.53. The van der Waals surface area contributed by atoms with Gasteiger partial charge < -0.3 is 20.1 Å². The fraction of sp³-hybridized carbons (Fsp3) is 0.350. The molecule has 0 unspecified atom stereocenters. The Morgan fingerprint density at radius 2 is 1.66 bits per heavy atom. The van der Waals surface area contributed by atoms with Gasteiger partial charge in [0.25, 0.3) is 0 Å². The monoisotopic (exact) mass is 433 g/mol. The number of pyridine rings is 1. The molecule has 7 nitrogen and oxygen atoms in total. The van der Waals surface area contributed by atoms with Crippen LogP contribution in [-0.2, 0) is 0 Å². The molecule has 2 aromatic heterocycles. The number of methoxy groups -OCH3 is 2. The fourth-order valence-corrected chi connectivity index (χ4v) is 4.27. The van der Waals surface area contributed by atoms with E-state index in [1.54, 1.807) is 18.3 Å². The minimum Gasteiger partial charge on any atom is -0.495 e. The summed E-state index contributed by atoms with van der Waals surface area (Å²) in [5.74, 6) is 2.40. The molecule has 3 heterocycles. The minimum atomic E-state index is 0.213. The third-order valence-corrected chi connectivity index (χ3v) is 5.67. The average molecular weight is 434 g/mol. The molecule has 2 N–H and O–H groups in total. The standard InChI is InChI=1S/C20H21Cl2N5O2/c1-20(2)8-27(9-20)19-10-5-14(23)24-7-11(10)25-18(26-19)15-16(21)12(28-3)6-13(29-4)17(15)22/h5-7H,8-9H2,1-4H3,(H2,23,24). The van der Waals surface area contributed by atoms with Gasteiger partial charge in [-0.1, -0.05) is 37.0 Å². The molecule has 1 aliphatic heterocycles. The van der Waals surface area contributed by atoms with E-state index < -0.39 is 0 Å². The maximum atomic E-state index is 6.58. The Morgan fingerprint density at radius 1 is 1.03 bits per heavy atom. The van der Waals surface area contributed by atoms with Crippen molar-refractivity contribution in [2.45, 2.75) is 13.8 Å². The quantitative estimate of drug-likeness (QED) is 0.650. The van der Waals surface area contributed by atoms with Gasteiger partial charge in [0.15, 0.2) is 5.82 Å². The van der Waals surface area contributed by atoms with Gasteiger partial charge in [-0.15, -0.1) is 0 Å². The molecular weight excluding hydrogens is 413 g/mol. The molecule has 1 aliphatic rings. The van der Waals surface area contributed by atoms with Crippen LogP contribution in [0.4, 0.5) is 11.6 Å². The summed E-state index contributed by atoms with van der Waals surface area (Å²) < 4.78 is 10.8. The largest absolute Gasteiger partial charge is 0.495 e. The van der Waals surface area contributed by atoms with E-state index in [1.807, 2.05) is 0 Å². The second-order valence-electron chi connectivity index (χ2n) is 7.80. The molecule has 0 aliphatic carbocycles. The van der Waals surface area contributed by atoms with Gasteiger partial charge in [-0.3, -0.25) is 0 Å². The Bertz CT molecular complexity index is 1080. The van der Waals surface area contributed by atoms with Crippen LogP contribution in [0.3, 0.4) is 0 Å². The highest BCUT2D eigenvalue weighted by Gasteiger charge is 2.36. The normalized spacial score (nSPS) is 15.3. The van der Waals surface area contributed by atoms with Gasteiger partial charge in [0.1, 0.15) is 23.1 Å². The highest BCUT2D eigenvalue weighted by molar-refractivity contribution is 6.41. The first-order chi connectivity index (χ1) is 13.7. The molecule has 1 fully saturated rings. The number of aromatic nitrogens is 3. The van der Waals surface area contributed by atoms with Gasteiger partial charge in [-0.05, 0) is 11.5 Å². The van der Waals surface area contributed by atoms with Gasteiger partial charge in [0.05, 0.1) is 41.5 Å². The SMILES string of the molecule is COc1cc(OC)c(Cl)c(-c2nc(N3CC(C)(C)C3)c3cc(N)ncc3n2)c1Cl. The number of nitrogens with zero attached hydrogens (tertiary/aromatic N) is 4. The van der Waals surface area contributed by atoms with E-state index in [2.05, 4.69) is 28.7 Å². The van der Waals surface area contributed by atoms with Gasteiger partial charge in [-0.2, -0.15) is 0 Å². The summed E-state index contributed by atoms with van der Waals surface area (Å²) in [6.45, 7) is 6.15. The molecule has 0 radical (unpaired) electrons. The van der Waals surface area contributed by atoms with Crippen LogP contribution in [0.1, 0.15) is 13.8 Å². The fourth-order valence-electron chi connectivity index (χ4n) is 3.60. The zero-order valence-corrected chi connectivity index (χ0v) is 18.1. The van der Waals surface area contributed by atoms with Crippen LogP contribution in [0, 0.1) is 5.41 Å². The van der Waals surface area contributed by atoms with Crippen molar-refractivity contribution in [2.75, 3.05) is 37.9 Å². The molecule has 4 rings (SSSR count). The Morgan fingerprint density at radius 3 is 2.21 bits per heavy atom. The van der Waals surface area contributed by atoms with E-state index in [0.717, 1.165) is 24.3 Å². The molecule has 152 valence electrons. The van der Waals surface area contributed by atoms with Crippen molar-refractivity contribution < 1.29 is 9.47 Å². The van der Waals surface area contributed by atoms with E-state index in [1.165, 1.54) is 14.2 Å². The molecule has 9 heteroatoms. The number of ether oxygens (including phenoxy) is 2. The van der Waals surface area contributed by atoms with E-state index >= 15 is 0 Å². The Balaban J connectivity index is 1.98. The first-order valence-electron chi connectivity index (χ1n) is 9.02. The van der Waals surface area contributed by atoms with Crippen LogP contribution >= 0.6 is 23.2 Å². The van der Waals surface area contributed by atoms with Gasteiger partial charge >= 0.3 is 0 Å². The van der Waals surface area contributed by atoms with E-state index in [-0.39, 0.29) is 5.41 Å². The van der Waals surface area contributed by atoms with E-state index in [9.17, 15) is 0 Å². The van der Waals surface area contributed by atoms with E-state index in [0.29, 0.717) is 44.3 Å². The van der Waals surface area contributed by atoms with Crippen molar-refractivity contribution >= 4 is 45.7 Å². The maximum Gasteiger partial charge on any atom is 0.165 e. The smallest absolute Gasteiger partial charge is 0.165 e. The summed E-state index contributed by atoms with van der Waals surface area (Å²) in [4.78, 5) is 15.9. The Kier molecular flexibility index (Phi) is 4.83. The first kappa shape index (κ1) is 19.8. The van der Waals surface area contributed by atoms with Gasteiger partial charge in [0.2, 0.25) is 0 Å². The summed E-state index contributed by atoms with van der Waals surface area (Å²) in [7, 11) is 3.06. The molecule has 0 atom stereocenters. The zero-order valence-electron chi connectivity index (χ0n) is 16.6. The maximum absolute atomic E-state index is 6.58.